The molecule has 0 bridgehead atoms. The Morgan fingerprint density at radius 2 is 2.22 bits per heavy atom. The van der Waals surface area contributed by atoms with Crippen molar-refractivity contribution < 1.29 is 0 Å². The van der Waals surface area contributed by atoms with Crippen LogP contribution in [0.4, 0.5) is 5.82 Å². The fourth-order valence-electron chi connectivity index (χ4n) is 1.66. The third kappa shape index (κ3) is 2.95. The molecule has 2 rings (SSSR count). The van der Waals surface area contributed by atoms with Crippen molar-refractivity contribution in [2.24, 2.45) is 0 Å². The number of halogens is 1. The molecule has 96 valence electrons. The number of hydrogen-bond donors (Lipinski definition) is 1. The number of nitrogens with one attached hydrogen (secondary N) is 1. The Morgan fingerprint density at radius 1 is 1.39 bits per heavy atom. The van der Waals surface area contributed by atoms with Gasteiger partial charge in [0, 0.05) is 18.3 Å². The molecule has 1 N–H and O–H groups in total. The lowest BCUT2D eigenvalue weighted by Gasteiger charge is -2.11. The minimum absolute atomic E-state index is 0.522. The molecule has 18 heavy (non-hydrogen) atoms. The first-order valence-electron chi connectivity index (χ1n) is 5.81. The van der Waals surface area contributed by atoms with Crippen LogP contribution in [0.5, 0.6) is 0 Å². The van der Waals surface area contributed by atoms with Crippen molar-refractivity contribution >= 4 is 17.4 Å². The molecule has 2 aromatic heterocycles. The standard InChI is InChI=1S/C11H15ClN6/c1-3-9-10(12)15-8(2)16-11(9)13-4-6-18-7-5-14-17-18/h5,7H,3-4,6H2,1-2H3,(H,13,15,16). The summed E-state index contributed by atoms with van der Waals surface area (Å²) in [6, 6.07) is 0. The van der Waals surface area contributed by atoms with E-state index in [-0.39, 0.29) is 0 Å². The number of anilines is 1. The summed E-state index contributed by atoms with van der Waals surface area (Å²) in [5.74, 6) is 1.47. The third-order valence-electron chi connectivity index (χ3n) is 2.53. The van der Waals surface area contributed by atoms with Crippen LogP contribution in [0.3, 0.4) is 0 Å². The largest absolute Gasteiger partial charge is 0.368 e. The maximum Gasteiger partial charge on any atom is 0.138 e. The van der Waals surface area contributed by atoms with Crippen LogP contribution in [0.25, 0.3) is 0 Å². The first-order valence-corrected chi connectivity index (χ1v) is 6.19. The minimum atomic E-state index is 0.522. The molecule has 0 saturated heterocycles. The van der Waals surface area contributed by atoms with E-state index in [0.717, 1.165) is 24.3 Å². The molecular weight excluding hydrogens is 252 g/mol. The Bertz CT molecular complexity index is 511. The molecule has 2 heterocycles. The lowest BCUT2D eigenvalue weighted by molar-refractivity contribution is 0.608. The van der Waals surface area contributed by atoms with Gasteiger partial charge >= 0.3 is 0 Å². The van der Waals surface area contributed by atoms with Crippen LogP contribution in [0.15, 0.2) is 12.4 Å². The van der Waals surface area contributed by atoms with Gasteiger partial charge in [0.15, 0.2) is 0 Å². The molecule has 0 fully saturated rings. The number of nitrogens with zero attached hydrogens (tertiary/aromatic N) is 5. The van der Waals surface area contributed by atoms with Gasteiger partial charge in [0.25, 0.3) is 0 Å². The fourth-order valence-corrected chi connectivity index (χ4v) is 2.01. The van der Waals surface area contributed by atoms with E-state index in [0.29, 0.717) is 17.5 Å². The molecule has 7 heteroatoms. The van der Waals surface area contributed by atoms with Crippen LogP contribution in [0, 0.1) is 6.92 Å². The average Bonchev–Trinajstić information content (AvgIpc) is 2.81. The smallest absolute Gasteiger partial charge is 0.138 e. The van der Waals surface area contributed by atoms with Crippen LogP contribution in [0.2, 0.25) is 5.15 Å². The molecule has 0 atom stereocenters. The molecule has 0 aliphatic heterocycles. The van der Waals surface area contributed by atoms with E-state index >= 15 is 0 Å². The summed E-state index contributed by atoms with van der Waals surface area (Å²) in [7, 11) is 0. The SMILES string of the molecule is CCc1c(Cl)nc(C)nc1NCCn1ccnn1. The van der Waals surface area contributed by atoms with E-state index in [4.69, 9.17) is 11.6 Å². The van der Waals surface area contributed by atoms with Gasteiger partial charge in [-0.05, 0) is 13.3 Å². The molecule has 0 saturated carbocycles. The Morgan fingerprint density at radius 3 is 2.89 bits per heavy atom. The van der Waals surface area contributed by atoms with E-state index in [9.17, 15) is 0 Å². The number of aromatic nitrogens is 5. The molecule has 0 radical (unpaired) electrons. The zero-order valence-electron chi connectivity index (χ0n) is 10.4. The van der Waals surface area contributed by atoms with Gasteiger partial charge in [0.05, 0.1) is 12.7 Å². The molecule has 0 amide bonds. The molecule has 0 aliphatic rings. The molecule has 0 aromatic carbocycles. The van der Waals surface area contributed by atoms with Crippen LogP contribution >= 0.6 is 11.6 Å². The quantitative estimate of drug-likeness (QED) is 0.835. The first-order chi connectivity index (χ1) is 8.70. The normalized spacial score (nSPS) is 10.6. The second-order valence-electron chi connectivity index (χ2n) is 3.84. The highest BCUT2D eigenvalue weighted by Gasteiger charge is 2.09. The Hall–Kier alpha value is -1.69. The summed E-state index contributed by atoms with van der Waals surface area (Å²) >= 11 is 6.09. The van der Waals surface area contributed by atoms with Crippen LogP contribution in [0.1, 0.15) is 18.3 Å². The lowest BCUT2D eigenvalue weighted by Crippen LogP contribution is -2.14. The molecular formula is C11H15ClN6. The number of aryl methyl sites for hydroxylation is 1. The lowest BCUT2D eigenvalue weighted by atomic mass is 10.2. The summed E-state index contributed by atoms with van der Waals surface area (Å²) in [5, 5.41) is 11.4. The van der Waals surface area contributed by atoms with Gasteiger partial charge in [-0.2, -0.15) is 0 Å². The van der Waals surface area contributed by atoms with Gasteiger partial charge in [-0.15, -0.1) is 5.10 Å². The molecule has 2 aromatic rings. The predicted octanol–water partition coefficient (Wildman–Crippen LogP) is 1.70. The van der Waals surface area contributed by atoms with Gasteiger partial charge in [-0.3, -0.25) is 4.68 Å². The number of rotatable bonds is 5. The van der Waals surface area contributed by atoms with Crippen molar-refractivity contribution in [3.05, 3.63) is 28.9 Å². The van der Waals surface area contributed by atoms with E-state index in [2.05, 4.69) is 25.6 Å². The Balaban J connectivity index is 2.04. The second kappa shape index (κ2) is 5.77. The maximum absolute atomic E-state index is 6.09. The van der Waals surface area contributed by atoms with Crippen molar-refractivity contribution in [1.82, 2.24) is 25.0 Å². The minimum Gasteiger partial charge on any atom is -0.368 e. The van der Waals surface area contributed by atoms with Gasteiger partial charge in [-0.25, -0.2) is 9.97 Å². The molecule has 0 unspecified atom stereocenters. The third-order valence-corrected chi connectivity index (χ3v) is 2.84. The average molecular weight is 267 g/mol. The fraction of sp³-hybridized carbons (Fsp3) is 0.455. The van der Waals surface area contributed by atoms with E-state index in [1.165, 1.54) is 0 Å². The van der Waals surface area contributed by atoms with Gasteiger partial charge in [0.1, 0.15) is 16.8 Å². The van der Waals surface area contributed by atoms with Crippen molar-refractivity contribution in [2.75, 3.05) is 11.9 Å². The number of hydrogen-bond acceptors (Lipinski definition) is 5. The highest BCUT2D eigenvalue weighted by Crippen LogP contribution is 2.21. The monoisotopic (exact) mass is 266 g/mol. The van der Waals surface area contributed by atoms with Crippen LogP contribution in [-0.2, 0) is 13.0 Å². The highest BCUT2D eigenvalue weighted by atomic mass is 35.5. The van der Waals surface area contributed by atoms with Crippen LogP contribution in [-0.4, -0.2) is 31.5 Å². The zero-order valence-corrected chi connectivity index (χ0v) is 11.1. The topological polar surface area (TPSA) is 68.5 Å². The summed E-state index contributed by atoms with van der Waals surface area (Å²) in [6.07, 6.45) is 4.27. The molecule has 6 nitrogen and oxygen atoms in total. The summed E-state index contributed by atoms with van der Waals surface area (Å²) < 4.78 is 1.76. The maximum atomic E-state index is 6.09. The van der Waals surface area contributed by atoms with Gasteiger partial charge in [0.2, 0.25) is 0 Å². The first kappa shape index (κ1) is 12.8. The van der Waals surface area contributed by atoms with E-state index in [1.807, 2.05) is 20.0 Å². The molecule has 0 aliphatic carbocycles. The Kier molecular flexibility index (Phi) is 4.09. The zero-order chi connectivity index (χ0) is 13.0. The van der Waals surface area contributed by atoms with Crippen molar-refractivity contribution in [1.29, 1.82) is 0 Å². The van der Waals surface area contributed by atoms with Crippen LogP contribution < -0.4 is 5.32 Å². The van der Waals surface area contributed by atoms with Gasteiger partial charge < -0.3 is 5.32 Å². The van der Waals surface area contributed by atoms with E-state index in [1.54, 1.807) is 10.9 Å². The van der Waals surface area contributed by atoms with Crippen molar-refractivity contribution in [3.8, 4) is 0 Å². The second-order valence-corrected chi connectivity index (χ2v) is 4.19. The Labute approximate surface area is 110 Å². The molecule has 0 spiro atoms. The van der Waals surface area contributed by atoms with Crippen molar-refractivity contribution in [2.45, 2.75) is 26.8 Å². The summed E-state index contributed by atoms with van der Waals surface area (Å²) in [4.78, 5) is 8.52. The predicted molar refractivity (Wildman–Crippen MR) is 69.7 cm³/mol. The van der Waals surface area contributed by atoms with Crippen molar-refractivity contribution in [3.63, 3.8) is 0 Å². The summed E-state index contributed by atoms with van der Waals surface area (Å²) in [6.45, 7) is 5.30. The summed E-state index contributed by atoms with van der Waals surface area (Å²) in [5.41, 5.74) is 0.945. The van der Waals surface area contributed by atoms with E-state index < -0.39 is 0 Å². The highest BCUT2D eigenvalue weighted by molar-refractivity contribution is 6.30. The van der Waals surface area contributed by atoms with Gasteiger partial charge in [-0.1, -0.05) is 23.7 Å².